The van der Waals surface area contributed by atoms with E-state index >= 15 is 0 Å². The van der Waals surface area contributed by atoms with Crippen LogP contribution in [-0.4, -0.2) is 11.0 Å². The van der Waals surface area contributed by atoms with Gasteiger partial charge >= 0.3 is 0 Å². The molecule has 1 fully saturated rings. The molecule has 1 unspecified atom stereocenters. The van der Waals surface area contributed by atoms with Crippen LogP contribution >= 0.6 is 28.1 Å². The van der Waals surface area contributed by atoms with Crippen LogP contribution in [0.5, 0.6) is 0 Å². The molecular weight excluding hydrogens is 283 g/mol. The van der Waals surface area contributed by atoms with Gasteiger partial charge in [-0.05, 0) is 24.4 Å². The van der Waals surface area contributed by atoms with Gasteiger partial charge in [0, 0.05) is 10.0 Å². The minimum Gasteiger partial charge on any atom is -0.347 e. The van der Waals surface area contributed by atoms with E-state index < -0.39 is 11.9 Å². The molecule has 2 N–H and O–H groups in total. The molecule has 15 heavy (non-hydrogen) atoms. The van der Waals surface area contributed by atoms with Gasteiger partial charge in [-0.2, -0.15) is 0 Å². The Labute approximate surface area is 99.2 Å². The maximum Gasteiger partial charge on any atom is 0.253 e. The molecule has 6 heteroatoms. The predicted molar refractivity (Wildman–Crippen MR) is 60.7 cm³/mol. The molecule has 1 atom stereocenters. The second-order valence-electron chi connectivity index (χ2n) is 3.06. The van der Waals surface area contributed by atoms with E-state index in [4.69, 9.17) is 12.2 Å². The highest BCUT2D eigenvalue weighted by atomic mass is 79.9. The molecule has 0 radical (unpaired) electrons. The van der Waals surface area contributed by atoms with Crippen molar-refractivity contribution in [3.8, 4) is 0 Å². The summed E-state index contributed by atoms with van der Waals surface area (Å²) >= 11 is 7.91. The molecule has 0 bridgehead atoms. The van der Waals surface area contributed by atoms with Crippen molar-refractivity contribution in [2.24, 2.45) is 0 Å². The first kappa shape index (κ1) is 10.5. The summed E-state index contributed by atoms with van der Waals surface area (Å²) in [6.45, 7) is 0. The average molecular weight is 289 g/mol. The standard InChI is InChI=1S/C9H6BrFN2OS/c10-4-1-2-5(6(11)3-4)7-8(14)13-9(15)12-7/h1-3,7H,(H2,12,13,14,15). The summed E-state index contributed by atoms with van der Waals surface area (Å²) in [5.74, 6) is -0.775. The van der Waals surface area contributed by atoms with Gasteiger partial charge in [-0.1, -0.05) is 22.0 Å². The molecule has 0 spiro atoms. The van der Waals surface area contributed by atoms with Crippen molar-refractivity contribution in [2.45, 2.75) is 6.04 Å². The highest BCUT2D eigenvalue weighted by Crippen LogP contribution is 2.23. The molecule has 78 valence electrons. The molecule has 0 aliphatic carbocycles. The molecule has 1 aromatic rings. The Hall–Kier alpha value is -1.01. The summed E-state index contributed by atoms with van der Waals surface area (Å²) in [4.78, 5) is 11.4. The van der Waals surface area contributed by atoms with E-state index in [9.17, 15) is 9.18 Å². The molecule has 1 aromatic carbocycles. The third-order valence-electron chi connectivity index (χ3n) is 2.05. The van der Waals surface area contributed by atoms with Crippen molar-refractivity contribution < 1.29 is 9.18 Å². The average Bonchev–Trinajstić information content (AvgIpc) is 2.45. The number of rotatable bonds is 1. The number of amides is 1. The highest BCUT2D eigenvalue weighted by molar-refractivity contribution is 9.10. The van der Waals surface area contributed by atoms with Gasteiger partial charge in [0.05, 0.1) is 0 Å². The summed E-state index contributed by atoms with van der Waals surface area (Å²) in [5.41, 5.74) is 0.288. The van der Waals surface area contributed by atoms with Crippen LogP contribution in [-0.2, 0) is 4.79 Å². The zero-order valence-electron chi connectivity index (χ0n) is 7.38. The second kappa shape index (κ2) is 3.86. The lowest BCUT2D eigenvalue weighted by atomic mass is 10.1. The van der Waals surface area contributed by atoms with Crippen LogP contribution in [0.2, 0.25) is 0 Å². The lowest BCUT2D eigenvalue weighted by Crippen LogP contribution is -2.21. The number of benzene rings is 1. The largest absolute Gasteiger partial charge is 0.347 e. The Morgan fingerprint density at radius 3 is 2.73 bits per heavy atom. The molecule has 1 aliphatic heterocycles. The smallest absolute Gasteiger partial charge is 0.253 e. The van der Waals surface area contributed by atoms with E-state index in [-0.39, 0.29) is 16.6 Å². The van der Waals surface area contributed by atoms with Crippen molar-refractivity contribution in [1.29, 1.82) is 0 Å². The van der Waals surface area contributed by atoms with Crippen LogP contribution in [0.25, 0.3) is 0 Å². The van der Waals surface area contributed by atoms with Crippen LogP contribution in [0, 0.1) is 5.82 Å². The number of hydrogen-bond acceptors (Lipinski definition) is 2. The van der Waals surface area contributed by atoms with E-state index in [2.05, 4.69) is 26.6 Å². The molecular formula is C9H6BrFN2OS. The first-order chi connectivity index (χ1) is 7.08. The lowest BCUT2D eigenvalue weighted by molar-refractivity contribution is -0.120. The summed E-state index contributed by atoms with van der Waals surface area (Å²) < 4.78 is 14.1. The molecule has 2 rings (SSSR count). The van der Waals surface area contributed by atoms with Gasteiger partial charge in [-0.15, -0.1) is 0 Å². The predicted octanol–water partition coefficient (Wildman–Crippen LogP) is 1.63. The fourth-order valence-corrected chi connectivity index (χ4v) is 1.92. The number of carbonyl (C=O) groups is 1. The minimum atomic E-state index is -0.731. The van der Waals surface area contributed by atoms with Gasteiger partial charge in [0.25, 0.3) is 5.91 Å². The van der Waals surface area contributed by atoms with Gasteiger partial charge < -0.3 is 10.6 Å². The molecule has 1 heterocycles. The zero-order valence-corrected chi connectivity index (χ0v) is 9.78. The molecule has 1 amide bonds. The van der Waals surface area contributed by atoms with E-state index in [0.717, 1.165) is 0 Å². The van der Waals surface area contributed by atoms with Crippen LogP contribution in [0.15, 0.2) is 22.7 Å². The number of nitrogens with one attached hydrogen (secondary N) is 2. The zero-order chi connectivity index (χ0) is 11.0. The van der Waals surface area contributed by atoms with Crippen LogP contribution in [0.4, 0.5) is 4.39 Å². The summed E-state index contributed by atoms with van der Waals surface area (Å²) in [6, 6.07) is 3.80. The van der Waals surface area contributed by atoms with Crippen molar-refractivity contribution in [1.82, 2.24) is 10.6 Å². The molecule has 3 nitrogen and oxygen atoms in total. The van der Waals surface area contributed by atoms with E-state index in [1.165, 1.54) is 6.07 Å². The summed E-state index contributed by atoms with van der Waals surface area (Å²) in [7, 11) is 0. The number of thiocarbonyl (C=S) groups is 1. The van der Waals surface area contributed by atoms with Crippen molar-refractivity contribution in [3.05, 3.63) is 34.1 Å². The third-order valence-corrected chi connectivity index (χ3v) is 2.76. The second-order valence-corrected chi connectivity index (χ2v) is 4.39. The Morgan fingerprint density at radius 2 is 2.20 bits per heavy atom. The van der Waals surface area contributed by atoms with E-state index in [1.54, 1.807) is 12.1 Å². The van der Waals surface area contributed by atoms with Gasteiger partial charge in [-0.25, -0.2) is 4.39 Å². The fourth-order valence-electron chi connectivity index (χ4n) is 1.37. The molecule has 0 aromatic heterocycles. The van der Waals surface area contributed by atoms with Crippen LogP contribution in [0.1, 0.15) is 11.6 Å². The fraction of sp³-hybridized carbons (Fsp3) is 0.111. The molecule has 1 aliphatic rings. The molecule has 1 saturated heterocycles. The van der Waals surface area contributed by atoms with Gasteiger partial charge in [0.2, 0.25) is 0 Å². The van der Waals surface area contributed by atoms with Crippen LogP contribution < -0.4 is 10.6 Å². The first-order valence-electron chi connectivity index (χ1n) is 4.14. The minimum absolute atomic E-state index is 0.229. The van der Waals surface area contributed by atoms with E-state index in [1.807, 2.05) is 0 Å². The number of halogens is 2. The maximum absolute atomic E-state index is 13.5. The van der Waals surface area contributed by atoms with Gasteiger partial charge in [-0.3, -0.25) is 4.79 Å². The molecule has 0 saturated carbocycles. The SMILES string of the molecule is O=C1NC(=S)NC1c1ccc(Br)cc1F. The Kier molecular flexibility index (Phi) is 2.70. The first-order valence-corrected chi connectivity index (χ1v) is 5.34. The van der Waals surface area contributed by atoms with Crippen molar-refractivity contribution in [2.75, 3.05) is 0 Å². The number of carbonyl (C=O) groups excluding carboxylic acids is 1. The number of hydrogen-bond donors (Lipinski definition) is 2. The monoisotopic (exact) mass is 288 g/mol. The Bertz CT molecular complexity index is 452. The Morgan fingerprint density at radius 1 is 1.47 bits per heavy atom. The Balaban J connectivity index is 2.38. The normalized spacial score (nSPS) is 20.0. The van der Waals surface area contributed by atoms with E-state index in [0.29, 0.717) is 4.47 Å². The van der Waals surface area contributed by atoms with Gasteiger partial charge in [0.15, 0.2) is 5.11 Å². The quantitative estimate of drug-likeness (QED) is 0.772. The van der Waals surface area contributed by atoms with Crippen LogP contribution in [0.3, 0.4) is 0 Å². The van der Waals surface area contributed by atoms with Crippen molar-refractivity contribution in [3.63, 3.8) is 0 Å². The van der Waals surface area contributed by atoms with Gasteiger partial charge in [0.1, 0.15) is 11.9 Å². The van der Waals surface area contributed by atoms with Crippen molar-refractivity contribution >= 4 is 39.2 Å². The highest BCUT2D eigenvalue weighted by Gasteiger charge is 2.30. The lowest BCUT2D eigenvalue weighted by Gasteiger charge is -2.09. The summed E-state index contributed by atoms with van der Waals surface area (Å²) in [6.07, 6.45) is 0. The third kappa shape index (κ3) is 2.00. The topological polar surface area (TPSA) is 41.1 Å². The maximum atomic E-state index is 13.5. The summed E-state index contributed by atoms with van der Waals surface area (Å²) in [5, 5.41) is 5.33.